The Morgan fingerprint density at radius 2 is 1.79 bits per heavy atom. The van der Waals surface area contributed by atoms with Crippen molar-refractivity contribution in [2.75, 3.05) is 12.4 Å². The molecule has 5 nitrogen and oxygen atoms in total. The molecule has 1 rings (SSSR count). The Kier molecular flexibility index (Phi) is 8.42. The normalized spacial score (nSPS) is 22.7. The van der Waals surface area contributed by atoms with Crippen molar-refractivity contribution in [3.05, 3.63) is 0 Å². The van der Waals surface area contributed by atoms with E-state index in [1.165, 1.54) is 0 Å². The van der Waals surface area contributed by atoms with Crippen molar-refractivity contribution in [1.82, 2.24) is 4.31 Å². The second-order valence-electron chi connectivity index (χ2n) is 7.99. The lowest BCUT2D eigenvalue weighted by Gasteiger charge is -2.30. The Morgan fingerprint density at radius 1 is 1.17 bits per heavy atom. The lowest BCUT2D eigenvalue weighted by atomic mass is 10.1. The van der Waals surface area contributed by atoms with Gasteiger partial charge in [-0.2, -0.15) is 4.31 Å². The third-order valence-electron chi connectivity index (χ3n) is 4.58. The van der Waals surface area contributed by atoms with Gasteiger partial charge in [0.2, 0.25) is 10.0 Å². The van der Waals surface area contributed by atoms with Crippen molar-refractivity contribution in [2.45, 2.75) is 90.1 Å². The molecule has 1 aliphatic heterocycles. The topological polar surface area (TPSA) is 63.7 Å². The second kappa shape index (κ2) is 9.34. The average Bonchev–Trinajstić information content (AvgIpc) is 2.86. The number of carbonyl (C=O) groups excluding carboxylic acids is 1. The molecule has 1 aliphatic rings. The summed E-state index contributed by atoms with van der Waals surface area (Å²) in [7, 11) is -4.75. The van der Waals surface area contributed by atoms with Gasteiger partial charge in [-0.1, -0.05) is 39.4 Å². The zero-order chi connectivity index (χ0) is 18.4. The van der Waals surface area contributed by atoms with Gasteiger partial charge in [0.25, 0.3) is 0 Å². The van der Waals surface area contributed by atoms with Gasteiger partial charge in [-0.05, 0) is 32.2 Å². The predicted molar refractivity (Wildman–Crippen MR) is 101 cm³/mol. The Labute approximate surface area is 149 Å². The van der Waals surface area contributed by atoms with Crippen molar-refractivity contribution in [3.63, 3.8) is 0 Å². The van der Waals surface area contributed by atoms with Crippen LogP contribution in [0.25, 0.3) is 0 Å². The fraction of sp³-hybridized carbons (Fsp3) is 0.941. The maximum absolute atomic E-state index is 13.0. The fourth-order valence-electron chi connectivity index (χ4n) is 3.25. The first-order valence-electron chi connectivity index (χ1n) is 9.27. The van der Waals surface area contributed by atoms with Crippen LogP contribution in [-0.2, 0) is 19.6 Å². The molecule has 0 aromatic carbocycles. The molecule has 0 N–H and O–H groups in total. The zero-order valence-corrected chi connectivity index (χ0v) is 17.8. The average molecular weight is 378 g/mol. The summed E-state index contributed by atoms with van der Waals surface area (Å²) in [5, 5.41) is 0. The number of nitrogens with zero attached hydrogens (tertiary/aromatic N) is 1. The molecule has 1 heterocycles. The molecule has 0 bridgehead atoms. The van der Waals surface area contributed by atoms with Gasteiger partial charge in [0.1, 0.15) is 0 Å². The monoisotopic (exact) mass is 377 g/mol. The van der Waals surface area contributed by atoms with Gasteiger partial charge in [-0.15, -0.1) is 0 Å². The van der Waals surface area contributed by atoms with Crippen molar-refractivity contribution < 1.29 is 17.9 Å². The minimum Gasteiger partial charge on any atom is -0.466 e. The van der Waals surface area contributed by atoms with Crippen LogP contribution in [-0.4, -0.2) is 51.2 Å². The summed E-state index contributed by atoms with van der Waals surface area (Å²) < 4.78 is 32.7. The second-order valence-corrected chi connectivity index (χ2v) is 15.6. The third kappa shape index (κ3) is 6.84. The van der Waals surface area contributed by atoms with Crippen molar-refractivity contribution in [1.29, 1.82) is 0 Å². The molecule has 0 saturated carbocycles. The number of sulfonamides is 1. The summed E-state index contributed by atoms with van der Waals surface area (Å²) in [6, 6.07) is 0.590. The minimum absolute atomic E-state index is 0.0519. The molecular weight excluding hydrogens is 342 g/mol. The predicted octanol–water partition coefficient (Wildman–Crippen LogP) is 3.63. The van der Waals surface area contributed by atoms with Crippen LogP contribution in [0.4, 0.5) is 0 Å². The van der Waals surface area contributed by atoms with Gasteiger partial charge in [0, 0.05) is 20.2 Å². The molecule has 0 spiro atoms. The van der Waals surface area contributed by atoms with Crippen LogP contribution in [0.5, 0.6) is 0 Å². The van der Waals surface area contributed by atoms with Gasteiger partial charge in [0.05, 0.1) is 18.8 Å². The Morgan fingerprint density at radius 3 is 2.33 bits per heavy atom. The van der Waals surface area contributed by atoms with E-state index >= 15 is 0 Å². The number of carbonyl (C=O) groups is 1. The van der Waals surface area contributed by atoms with E-state index in [0.29, 0.717) is 6.61 Å². The van der Waals surface area contributed by atoms with Gasteiger partial charge >= 0.3 is 5.97 Å². The highest BCUT2D eigenvalue weighted by molar-refractivity contribution is 7.89. The number of rotatable bonds is 10. The van der Waals surface area contributed by atoms with Crippen molar-refractivity contribution >= 4 is 24.1 Å². The summed E-state index contributed by atoms with van der Waals surface area (Å²) >= 11 is 0. The van der Waals surface area contributed by atoms with E-state index in [1.807, 2.05) is 0 Å². The van der Waals surface area contributed by atoms with Gasteiger partial charge in [0.15, 0.2) is 0 Å². The van der Waals surface area contributed by atoms with Crippen LogP contribution in [0.3, 0.4) is 0 Å². The van der Waals surface area contributed by atoms with E-state index in [0.717, 1.165) is 38.1 Å². The molecule has 0 aromatic heterocycles. The van der Waals surface area contributed by atoms with Crippen LogP contribution < -0.4 is 0 Å². The van der Waals surface area contributed by atoms with Crippen LogP contribution in [0.2, 0.25) is 25.7 Å². The van der Waals surface area contributed by atoms with Crippen LogP contribution in [0.15, 0.2) is 0 Å². The first-order chi connectivity index (χ1) is 11.1. The zero-order valence-electron chi connectivity index (χ0n) is 16.0. The quantitative estimate of drug-likeness (QED) is 0.431. The largest absolute Gasteiger partial charge is 0.466 e. The first kappa shape index (κ1) is 21.6. The molecule has 0 radical (unpaired) electrons. The smallest absolute Gasteiger partial charge is 0.307 e. The fourth-order valence-corrected chi connectivity index (χ4v) is 8.24. The molecule has 1 saturated heterocycles. The standard InChI is InChI=1S/C17H35NO4SSi/c1-6-8-9-15-10-11-16(14-17(19)22-7-2)18(15)23(20,21)12-13-24(3,4)5/h15-16H,6-14H2,1-5H3/t15-,16+/m1/s1. The summed E-state index contributed by atoms with van der Waals surface area (Å²) in [5.74, 6) is -0.0750. The van der Waals surface area contributed by atoms with Crippen LogP contribution in [0.1, 0.15) is 52.4 Å². The molecule has 0 aromatic rings. The van der Waals surface area contributed by atoms with E-state index < -0.39 is 18.1 Å². The molecule has 24 heavy (non-hydrogen) atoms. The van der Waals surface area contributed by atoms with E-state index in [9.17, 15) is 13.2 Å². The third-order valence-corrected chi connectivity index (χ3v) is 8.65. The summed E-state index contributed by atoms with van der Waals surface area (Å²) in [6.07, 6.45) is 4.78. The minimum atomic E-state index is -3.32. The molecule has 0 unspecified atom stereocenters. The summed E-state index contributed by atoms with van der Waals surface area (Å²) in [4.78, 5) is 11.9. The molecule has 142 valence electrons. The molecule has 2 atom stereocenters. The van der Waals surface area contributed by atoms with Crippen LogP contribution in [0, 0.1) is 0 Å². The lowest BCUT2D eigenvalue weighted by Crippen LogP contribution is -2.44. The van der Waals surface area contributed by atoms with E-state index in [1.54, 1.807) is 11.2 Å². The van der Waals surface area contributed by atoms with Crippen LogP contribution >= 0.6 is 0 Å². The molecular formula is C17H35NO4SSi. The highest BCUT2D eigenvalue weighted by Gasteiger charge is 2.42. The number of ether oxygens (including phenoxy) is 1. The van der Waals surface area contributed by atoms with Gasteiger partial charge in [-0.25, -0.2) is 8.42 Å². The number of hydrogen-bond donors (Lipinski definition) is 0. The number of unbranched alkanes of at least 4 members (excludes halogenated alkanes) is 1. The summed E-state index contributed by atoms with van der Waals surface area (Å²) in [6.45, 7) is 10.8. The summed E-state index contributed by atoms with van der Waals surface area (Å²) in [5.41, 5.74) is 0. The Hall–Kier alpha value is -0.403. The molecule has 0 amide bonds. The Balaban J connectivity index is 2.90. The SMILES string of the molecule is CCCC[C@@H]1CC[C@@H](CC(=O)OCC)N1S(=O)(=O)CC[Si](C)(C)C. The number of hydrogen-bond acceptors (Lipinski definition) is 4. The first-order valence-corrected chi connectivity index (χ1v) is 14.6. The molecule has 7 heteroatoms. The lowest BCUT2D eigenvalue weighted by molar-refractivity contribution is -0.144. The van der Waals surface area contributed by atoms with Gasteiger partial charge < -0.3 is 4.74 Å². The van der Waals surface area contributed by atoms with E-state index in [4.69, 9.17) is 4.74 Å². The highest BCUT2D eigenvalue weighted by atomic mass is 32.2. The van der Waals surface area contributed by atoms with Crippen molar-refractivity contribution in [2.24, 2.45) is 0 Å². The molecule has 0 aliphatic carbocycles. The Bertz CT molecular complexity index is 501. The van der Waals surface area contributed by atoms with E-state index in [2.05, 4.69) is 26.6 Å². The highest BCUT2D eigenvalue weighted by Crippen LogP contribution is 2.33. The maximum Gasteiger partial charge on any atom is 0.307 e. The molecule has 1 fully saturated rings. The maximum atomic E-state index is 13.0. The number of esters is 1. The van der Waals surface area contributed by atoms with Gasteiger partial charge in [-0.3, -0.25) is 4.79 Å². The van der Waals surface area contributed by atoms with Crippen molar-refractivity contribution in [3.8, 4) is 0 Å². The van der Waals surface area contributed by atoms with E-state index in [-0.39, 0.29) is 30.2 Å².